The molecular formula is C14H27BN4O6. The third-order valence-electron chi connectivity index (χ3n) is 4.60. The lowest BCUT2D eigenvalue weighted by Crippen LogP contribution is -2.55. The van der Waals surface area contributed by atoms with Crippen LogP contribution in [0, 0.1) is 5.92 Å². The highest BCUT2D eigenvalue weighted by Gasteiger charge is 2.50. The first-order chi connectivity index (χ1) is 11.6. The molecule has 142 valence electrons. The molecule has 1 fully saturated rings. The predicted octanol–water partition coefficient (Wildman–Crippen LogP) is -2.54. The number of primary amides is 1. The van der Waals surface area contributed by atoms with Gasteiger partial charge in [-0.2, -0.15) is 0 Å². The molecule has 1 heterocycles. The van der Waals surface area contributed by atoms with Gasteiger partial charge in [-0.05, 0) is 25.6 Å². The summed E-state index contributed by atoms with van der Waals surface area (Å²) in [6.45, 7) is -0.0102. The largest absolute Gasteiger partial charge is 0.480 e. The van der Waals surface area contributed by atoms with Crippen LogP contribution < -0.4 is 17.2 Å². The van der Waals surface area contributed by atoms with E-state index in [1.807, 2.05) is 0 Å². The Balaban J connectivity index is 2.67. The standard InChI is InChI=1S/C14H27BN4O6/c16-10(4-1-5-11(17)20)12(21)19-7-9(3-2-6-15(24)25)14(18,8-19)13(22)23/h9-10,24-25H,1-8,16,18H2,(H2,17,20)(H,22,23)/t9?,10-,14-/m0/s1. The lowest BCUT2D eigenvalue weighted by molar-refractivity contribution is -0.144. The van der Waals surface area contributed by atoms with Crippen molar-refractivity contribution in [1.29, 1.82) is 0 Å². The van der Waals surface area contributed by atoms with Gasteiger partial charge in [-0.15, -0.1) is 0 Å². The van der Waals surface area contributed by atoms with Crippen molar-refractivity contribution in [2.75, 3.05) is 13.1 Å². The average molecular weight is 358 g/mol. The van der Waals surface area contributed by atoms with E-state index in [-0.39, 0.29) is 32.3 Å². The maximum Gasteiger partial charge on any atom is 0.451 e. The molecule has 0 aromatic carbocycles. The maximum absolute atomic E-state index is 12.4. The Kier molecular flexibility index (Phi) is 7.80. The zero-order valence-corrected chi connectivity index (χ0v) is 14.1. The summed E-state index contributed by atoms with van der Waals surface area (Å²) in [6, 6.07) is -0.851. The van der Waals surface area contributed by atoms with Crippen LogP contribution in [-0.4, -0.2) is 69.6 Å². The summed E-state index contributed by atoms with van der Waals surface area (Å²) < 4.78 is 0. The number of hydrogen-bond acceptors (Lipinski definition) is 7. The molecule has 11 heteroatoms. The van der Waals surface area contributed by atoms with Crippen LogP contribution in [0.3, 0.4) is 0 Å². The van der Waals surface area contributed by atoms with Gasteiger partial charge in [0.25, 0.3) is 0 Å². The van der Waals surface area contributed by atoms with E-state index in [1.54, 1.807) is 0 Å². The van der Waals surface area contributed by atoms with E-state index in [4.69, 9.17) is 27.2 Å². The number of rotatable bonds is 10. The summed E-state index contributed by atoms with van der Waals surface area (Å²) >= 11 is 0. The molecule has 1 saturated heterocycles. The Hall–Kier alpha value is -1.69. The SMILES string of the molecule is NC(=O)CCC[C@H](N)C(=O)N1CC(CCCB(O)O)[C@](N)(C(=O)O)C1. The lowest BCUT2D eigenvalue weighted by Gasteiger charge is -2.25. The second kappa shape index (κ2) is 9.13. The van der Waals surface area contributed by atoms with E-state index < -0.39 is 42.4 Å². The third-order valence-corrected chi connectivity index (χ3v) is 4.60. The number of hydrogen-bond donors (Lipinski definition) is 6. The van der Waals surface area contributed by atoms with Gasteiger partial charge < -0.3 is 37.3 Å². The number of nitrogens with zero attached hydrogens (tertiary/aromatic N) is 1. The minimum atomic E-state index is -1.59. The monoisotopic (exact) mass is 358 g/mol. The van der Waals surface area contributed by atoms with Crippen molar-refractivity contribution in [3.63, 3.8) is 0 Å². The Bertz CT molecular complexity index is 506. The fourth-order valence-corrected chi connectivity index (χ4v) is 3.10. The van der Waals surface area contributed by atoms with Gasteiger partial charge >= 0.3 is 13.1 Å². The lowest BCUT2D eigenvalue weighted by atomic mass is 9.78. The second-order valence-electron chi connectivity index (χ2n) is 6.64. The predicted molar refractivity (Wildman–Crippen MR) is 89.9 cm³/mol. The van der Waals surface area contributed by atoms with E-state index in [0.29, 0.717) is 19.3 Å². The van der Waals surface area contributed by atoms with Gasteiger partial charge in [0.05, 0.1) is 6.04 Å². The van der Waals surface area contributed by atoms with E-state index in [0.717, 1.165) is 0 Å². The summed E-state index contributed by atoms with van der Waals surface area (Å²) in [5.41, 5.74) is 15.3. The van der Waals surface area contributed by atoms with Crippen molar-refractivity contribution < 1.29 is 29.5 Å². The van der Waals surface area contributed by atoms with Crippen molar-refractivity contribution in [2.45, 2.75) is 50.0 Å². The fraction of sp³-hybridized carbons (Fsp3) is 0.786. The zero-order chi connectivity index (χ0) is 19.2. The molecule has 1 aliphatic heterocycles. The number of carbonyl (C=O) groups is 3. The zero-order valence-electron chi connectivity index (χ0n) is 14.1. The molecule has 0 aromatic rings. The summed E-state index contributed by atoms with van der Waals surface area (Å²) in [5, 5.41) is 27.2. The summed E-state index contributed by atoms with van der Waals surface area (Å²) in [4.78, 5) is 36.0. The highest BCUT2D eigenvalue weighted by atomic mass is 16.4. The summed E-state index contributed by atoms with van der Waals surface area (Å²) in [7, 11) is -1.46. The first-order valence-electron chi connectivity index (χ1n) is 8.29. The van der Waals surface area contributed by atoms with Crippen LogP contribution in [0.5, 0.6) is 0 Å². The number of likely N-dealkylation sites (tertiary alicyclic amines) is 1. The molecule has 3 atom stereocenters. The Morgan fingerprint density at radius 3 is 2.44 bits per heavy atom. The van der Waals surface area contributed by atoms with Gasteiger partial charge in [-0.3, -0.25) is 14.4 Å². The molecule has 0 spiro atoms. The summed E-state index contributed by atoms with van der Waals surface area (Å²) in [6.07, 6.45) is 1.60. The Morgan fingerprint density at radius 2 is 1.92 bits per heavy atom. The minimum absolute atomic E-state index is 0.104. The van der Waals surface area contributed by atoms with Crippen molar-refractivity contribution in [3.05, 3.63) is 0 Å². The van der Waals surface area contributed by atoms with Crippen molar-refractivity contribution in [3.8, 4) is 0 Å². The molecule has 2 amide bonds. The number of nitrogens with two attached hydrogens (primary N) is 3. The normalized spacial score (nSPS) is 24.2. The molecule has 1 aliphatic rings. The molecule has 9 N–H and O–H groups in total. The van der Waals surface area contributed by atoms with E-state index in [1.165, 1.54) is 4.90 Å². The molecule has 1 unspecified atom stereocenters. The van der Waals surface area contributed by atoms with Crippen LogP contribution in [0.2, 0.25) is 6.32 Å². The van der Waals surface area contributed by atoms with E-state index >= 15 is 0 Å². The van der Waals surface area contributed by atoms with Crippen LogP contribution in [0.15, 0.2) is 0 Å². The van der Waals surface area contributed by atoms with Gasteiger partial charge in [0.1, 0.15) is 5.54 Å². The Labute approximate surface area is 146 Å². The molecule has 0 saturated carbocycles. The number of amides is 2. The number of carbonyl (C=O) groups excluding carboxylic acids is 2. The highest BCUT2D eigenvalue weighted by molar-refractivity contribution is 6.40. The molecule has 0 aliphatic carbocycles. The van der Waals surface area contributed by atoms with Gasteiger partial charge in [-0.25, -0.2) is 0 Å². The number of carboxylic acids is 1. The molecule has 0 bridgehead atoms. The Morgan fingerprint density at radius 1 is 1.28 bits per heavy atom. The number of carboxylic acid groups (broad SMARTS) is 1. The second-order valence-corrected chi connectivity index (χ2v) is 6.64. The van der Waals surface area contributed by atoms with Gasteiger partial charge in [0, 0.05) is 25.4 Å². The van der Waals surface area contributed by atoms with Crippen molar-refractivity contribution in [1.82, 2.24) is 4.90 Å². The molecular weight excluding hydrogens is 331 g/mol. The van der Waals surface area contributed by atoms with Crippen LogP contribution in [0.4, 0.5) is 0 Å². The van der Waals surface area contributed by atoms with Crippen LogP contribution >= 0.6 is 0 Å². The molecule has 1 rings (SSSR count). The minimum Gasteiger partial charge on any atom is -0.480 e. The first kappa shape index (κ1) is 21.4. The van der Waals surface area contributed by atoms with E-state index in [2.05, 4.69) is 0 Å². The van der Waals surface area contributed by atoms with Crippen molar-refractivity contribution >= 4 is 24.9 Å². The van der Waals surface area contributed by atoms with Gasteiger partial charge in [0.2, 0.25) is 11.8 Å². The van der Waals surface area contributed by atoms with Crippen LogP contribution in [0.25, 0.3) is 0 Å². The summed E-state index contributed by atoms with van der Waals surface area (Å²) in [5.74, 6) is -2.60. The molecule has 0 radical (unpaired) electrons. The number of aliphatic carboxylic acids is 1. The van der Waals surface area contributed by atoms with Gasteiger partial charge in [0.15, 0.2) is 0 Å². The highest BCUT2D eigenvalue weighted by Crippen LogP contribution is 2.31. The first-order valence-corrected chi connectivity index (χ1v) is 8.29. The average Bonchev–Trinajstić information content (AvgIpc) is 2.84. The topological polar surface area (TPSA) is 193 Å². The molecule has 25 heavy (non-hydrogen) atoms. The van der Waals surface area contributed by atoms with Crippen molar-refractivity contribution in [2.24, 2.45) is 23.1 Å². The molecule has 10 nitrogen and oxygen atoms in total. The molecule has 0 aromatic heterocycles. The van der Waals surface area contributed by atoms with E-state index in [9.17, 15) is 19.5 Å². The third kappa shape index (κ3) is 5.96. The maximum atomic E-state index is 12.4. The quantitative estimate of drug-likeness (QED) is 0.230. The van der Waals surface area contributed by atoms with Crippen LogP contribution in [0.1, 0.15) is 32.1 Å². The van der Waals surface area contributed by atoms with Gasteiger partial charge in [-0.1, -0.05) is 6.42 Å². The smallest absolute Gasteiger partial charge is 0.451 e. The fourth-order valence-electron chi connectivity index (χ4n) is 3.10. The van der Waals surface area contributed by atoms with Crippen LogP contribution in [-0.2, 0) is 14.4 Å².